The lowest BCUT2D eigenvalue weighted by molar-refractivity contribution is 0.0766. The van der Waals surface area contributed by atoms with E-state index in [1.54, 1.807) is 0 Å². The third kappa shape index (κ3) is 3.30. The van der Waals surface area contributed by atoms with Crippen LogP contribution in [-0.4, -0.2) is 40.4 Å². The molecule has 1 aliphatic heterocycles. The van der Waals surface area contributed by atoms with Gasteiger partial charge < -0.3 is 15.1 Å². The number of nitrogens with two attached hydrogens (primary N) is 1. The van der Waals surface area contributed by atoms with Crippen LogP contribution in [0.5, 0.6) is 0 Å². The second-order valence-corrected chi connectivity index (χ2v) is 6.11. The molecule has 2 heterocycles. The van der Waals surface area contributed by atoms with Crippen molar-refractivity contribution in [3.63, 3.8) is 0 Å². The number of amides is 1. The molecule has 2 N–H and O–H groups in total. The average molecular weight is 283 g/mol. The summed E-state index contributed by atoms with van der Waals surface area (Å²) in [6.07, 6.45) is 2.39. The second kappa shape index (κ2) is 6.43. The summed E-state index contributed by atoms with van der Waals surface area (Å²) in [5.41, 5.74) is 6.43. The lowest BCUT2D eigenvalue weighted by atomic mass is 10.0. The standard InChI is InChI=1S/C13H21N3O2S/c1-3-9(2)11(14)12-15-10(8-18-12)13(17)16-4-6-19-7-5-16/h8-9,11H,3-7,14H2,1-2H3. The van der Waals surface area contributed by atoms with Gasteiger partial charge in [0.25, 0.3) is 5.91 Å². The van der Waals surface area contributed by atoms with Gasteiger partial charge in [-0.05, 0) is 5.92 Å². The smallest absolute Gasteiger partial charge is 0.275 e. The minimum Gasteiger partial charge on any atom is -0.446 e. The van der Waals surface area contributed by atoms with E-state index in [4.69, 9.17) is 10.2 Å². The summed E-state index contributed by atoms with van der Waals surface area (Å²) in [6.45, 7) is 5.69. The van der Waals surface area contributed by atoms with Gasteiger partial charge in [0.1, 0.15) is 6.26 Å². The van der Waals surface area contributed by atoms with Gasteiger partial charge in [0, 0.05) is 24.6 Å². The fourth-order valence-electron chi connectivity index (χ4n) is 1.96. The van der Waals surface area contributed by atoms with Crippen LogP contribution >= 0.6 is 11.8 Å². The van der Waals surface area contributed by atoms with E-state index in [9.17, 15) is 4.79 Å². The number of hydrogen-bond donors (Lipinski definition) is 1. The number of thioether (sulfide) groups is 1. The number of oxazole rings is 1. The van der Waals surface area contributed by atoms with Crippen molar-refractivity contribution in [2.24, 2.45) is 11.7 Å². The van der Waals surface area contributed by atoms with Gasteiger partial charge in [-0.2, -0.15) is 11.8 Å². The van der Waals surface area contributed by atoms with Crippen LogP contribution in [-0.2, 0) is 0 Å². The molecule has 2 rings (SSSR count). The highest BCUT2D eigenvalue weighted by atomic mass is 32.2. The van der Waals surface area contributed by atoms with Crippen molar-refractivity contribution < 1.29 is 9.21 Å². The Balaban J connectivity index is 2.05. The summed E-state index contributed by atoms with van der Waals surface area (Å²) in [5, 5.41) is 0. The molecule has 2 unspecified atom stereocenters. The lowest BCUT2D eigenvalue weighted by Crippen LogP contribution is -2.38. The lowest BCUT2D eigenvalue weighted by Gasteiger charge is -2.25. The molecular formula is C13H21N3O2S. The summed E-state index contributed by atoms with van der Waals surface area (Å²) in [4.78, 5) is 18.3. The molecule has 0 radical (unpaired) electrons. The van der Waals surface area contributed by atoms with Crippen molar-refractivity contribution in [3.05, 3.63) is 17.8 Å². The summed E-state index contributed by atoms with van der Waals surface area (Å²) < 4.78 is 5.37. The summed E-state index contributed by atoms with van der Waals surface area (Å²) in [7, 11) is 0. The van der Waals surface area contributed by atoms with Crippen LogP contribution in [0.3, 0.4) is 0 Å². The SMILES string of the molecule is CCC(C)C(N)c1nc(C(=O)N2CCSCC2)co1. The third-order valence-corrected chi connectivity index (χ3v) is 4.52. The normalized spacial score (nSPS) is 19.2. The Morgan fingerprint density at radius 1 is 1.58 bits per heavy atom. The van der Waals surface area contributed by atoms with E-state index in [1.807, 2.05) is 16.7 Å². The zero-order chi connectivity index (χ0) is 13.8. The van der Waals surface area contributed by atoms with E-state index in [-0.39, 0.29) is 17.9 Å². The highest BCUT2D eigenvalue weighted by Gasteiger charge is 2.24. The molecule has 1 aromatic rings. The van der Waals surface area contributed by atoms with Crippen molar-refractivity contribution in [2.45, 2.75) is 26.3 Å². The van der Waals surface area contributed by atoms with Gasteiger partial charge in [-0.3, -0.25) is 4.79 Å². The quantitative estimate of drug-likeness (QED) is 0.914. The Morgan fingerprint density at radius 3 is 2.89 bits per heavy atom. The van der Waals surface area contributed by atoms with E-state index in [0.717, 1.165) is 31.0 Å². The van der Waals surface area contributed by atoms with E-state index in [1.165, 1.54) is 6.26 Å². The summed E-state index contributed by atoms with van der Waals surface area (Å²) in [5.74, 6) is 2.68. The molecule has 1 aliphatic rings. The summed E-state index contributed by atoms with van der Waals surface area (Å²) >= 11 is 1.87. The van der Waals surface area contributed by atoms with Gasteiger partial charge in [0.2, 0.25) is 5.89 Å². The van der Waals surface area contributed by atoms with Gasteiger partial charge in [-0.15, -0.1) is 0 Å². The maximum absolute atomic E-state index is 12.2. The van der Waals surface area contributed by atoms with Crippen LogP contribution in [0.15, 0.2) is 10.7 Å². The highest BCUT2D eigenvalue weighted by molar-refractivity contribution is 7.99. The van der Waals surface area contributed by atoms with Crippen molar-refractivity contribution in [2.75, 3.05) is 24.6 Å². The van der Waals surface area contributed by atoms with Crippen LogP contribution in [0.25, 0.3) is 0 Å². The first-order chi connectivity index (χ1) is 9.13. The van der Waals surface area contributed by atoms with E-state index in [0.29, 0.717) is 11.6 Å². The molecule has 2 atom stereocenters. The largest absolute Gasteiger partial charge is 0.446 e. The maximum Gasteiger partial charge on any atom is 0.275 e. The van der Waals surface area contributed by atoms with Crippen molar-refractivity contribution in [3.8, 4) is 0 Å². The monoisotopic (exact) mass is 283 g/mol. The predicted octanol–water partition coefficient (Wildman–Crippen LogP) is 1.91. The van der Waals surface area contributed by atoms with E-state index >= 15 is 0 Å². The topological polar surface area (TPSA) is 72.4 Å². The highest BCUT2D eigenvalue weighted by Crippen LogP contribution is 2.22. The van der Waals surface area contributed by atoms with Gasteiger partial charge >= 0.3 is 0 Å². The van der Waals surface area contributed by atoms with Crippen molar-refractivity contribution >= 4 is 17.7 Å². The Bertz CT molecular complexity index is 429. The van der Waals surface area contributed by atoms with Crippen LogP contribution < -0.4 is 5.73 Å². The third-order valence-electron chi connectivity index (χ3n) is 3.58. The van der Waals surface area contributed by atoms with Gasteiger partial charge in [0.15, 0.2) is 5.69 Å². The number of aromatic nitrogens is 1. The Labute approximate surface area is 117 Å². The molecule has 1 fully saturated rings. The van der Waals surface area contributed by atoms with Crippen LogP contribution in [0.2, 0.25) is 0 Å². The Morgan fingerprint density at radius 2 is 2.26 bits per heavy atom. The number of rotatable bonds is 4. The molecule has 0 spiro atoms. The van der Waals surface area contributed by atoms with Crippen LogP contribution in [0, 0.1) is 5.92 Å². The number of carbonyl (C=O) groups is 1. The van der Waals surface area contributed by atoms with Crippen molar-refractivity contribution in [1.29, 1.82) is 0 Å². The number of carbonyl (C=O) groups excluding carboxylic acids is 1. The fraction of sp³-hybridized carbons (Fsp3) is 0.692. The Hall–Kier alpha value is -1.01. The molecule has 19 heavy (non-hydrogen) atoms. The zero-order valence-corrected chi connectivity index (χ0v) is 12.3. The van der Waals surface area contributed by atoms with Gasteiger partial charge in [-0.25, -0.2) is 4.98 Å². The minimum atomic E-state index is -0.247. The van der Waals surface area contributed by atoms with Gasteiger partial charge in [0.05, 0.1) is 6.04 Å². The molecule has 1 aromatic heterocycles. The molecule has 0 aliphatic carbocycles. The molecule has 0 bridgehead atoms. The average Bonchev–Trinajstić information content (AvgIpc) is 2.95. The molecular weight excluding hydrogens is 262 g/mol. The number of nitrogens with zero attached hydrogens (tertiary/aromatic N) is 2. The molecule has 106 valence electrons. The van der Waals surface area contributed by atoms with Gasteiger partial charge in [-0.1, -0.05) is 20.3 Å². The molecule has 5 nitrogen and oxygen atoms in total. The first-order valence-electron chi connectivity index (χ1n) is 6.71. The summed E-state index contributed by atoms with van der Waals surface area (Å²) in [6, 6.07) is -0.247. The first-order valence-corrected chi connectivity index (χ1v) is 7.87. The molecule has 1 amide bonds. The van der Waals surface area contributed by atoms with E-state index in [2.05, 4.69) is 18.8 Å². The fourth-order valence-corrected chi connectivity index (χ4v) is 2.87. The second-order valence-electron chi connectivity index (χ2n) is 4.89. The zero-order valence-electron chi connectivity index (χ0n) is 11.5. The minimum absolute atomic E-state index is 0.0494. The van der Waals surface area contributed by atoms with Crippen LogP contribution in [0.4, 0.5) is 0 Å². The molecule has 1 saturated heterocycles. The predicted molar refractivity (Wildman–Crippen MR) is 76.1 cm³/mol. The molecule has 6 heteroatoms. The Kier molecular flexibility index (Phi) is 4.87. The van der Waals surface area contributed by atoms with E-state index < -0.39 is 0 Å². The first kappa shape index (κ1) is 14.4. The molecule has 0 saturated carbocycles. The maximum atomic E-state index is 12.2. The van der Waals surface area contributed by atoms with Crippen LogP contribution in [0.1, 0.15) is 42.7 Å². The number of hydrogen-bond acceptors (Lipinski definition) is 5. The van der Waals surface area contributed by atoms with Crippen molar-refractivity contribution in [1.82, 2.24) is 9.88 Å². The molecule has 0 aromatic carbocycles.